The lowest BCUT2D eigenvalue weighted by atomic mass is 10.1. The van der Waals surface area contributed by atoms with Crippen LogP contribution in [0.15, 0.2) is 22.7 Å². The zero-order valence-electron chi connectivity index (χ0n) is 11.9. The van der Waals surface area contributed by atoms with Gasteiger partial charge >= 0.3 is 0 Å². The molecule has 1 aromatic carbocycles. The molecule has 0 unspecified atom stereocenters. The Morgan fingerprint density at radius 3 is 2.16 bits per heavy atom. The average Bonchev–Trinajstić information content (AvgIpc) is 2.29. The molecule has 0 atom stereocenters. The Labute approximate surface area is 123 Å². The number of carbonyl (C=O) groups excluding carboxylic acids is 1. The summed E-state index contributed by atoms with van der Waals surface area (Å²) in [4.78, 5) is 14.3. The molecule has 1 aromatic rings. The van der Waals surface area contributed by atoms with Gasteiger partial charge in [-0.25, -0.2) is 4.39 Å². The second-order valence-electron chi connectivity index (χ2n) is 5.63. The van der Waals surface area contributed by atoms with E-state index in [2.05, 4.69) is 43.6 Å². The van der Waals surface area contributed by atoms with Crippen molar-refractivity contribution in [2.24, 2.45) is 11.8 Å². The Kier molecular flexibility index (Phi) is 5.98. The van der Waals surface area contributed by atoms with Crippen LogP contribution in [0, 0.1) is 17.7 Å². The van der Waals surface area contributed by atoms with Gasteiger partial charge in [0.25, 0.3) is 5.91 Å². The van der Waals surface area contributed by atoms with Crippen molar-refractivity contribution in [3.8, 4) is 0 Å². The number of rotatable bonds is 5. The van der Waals surface area contributed by atoms with Gasteiger partial charge < -0.3 is 4.90 Å². The van der Waals surface area contributed by atoms with Crippen molar-refractivity contribution in [2.75, 3.05) is 13.1 Å². The van der Waals surface area contributed by atoms with Gasteiger partial charge in [-0.3, -0.25) is 4.79 Å². The fraction of sp³-hybridized carbons (Fsp3) is 0.533. The predicted octanol–water partition coefficient (Wildman–Crippen LogP) is 4.34. The van der Waals surface area contributed by atoms with Crippen LogP contribution in [0.5, 0.6) is 0 Å². The SMILES string of the molecule is CC(C)CN(CC(C)C)C(=O)c1ccc(F)c(Br)c1. The van der Waals surface area contributed by atoms with Crippen LogP contribution >= 0.6 is 15.9 Å². The smallest absolute Gasteiger partial charge is 0.253 e. The van der Waals surface area contributed by atoms with Crippen molar-refractivity contribution in [1.29, 1.82) is 0 Å². The highest BCUT2D eigenvalue weighted by atomic mass is 79.9. The Bertz CT molecular complexity index is 436. The van der Waals surface area contributed by atoms with Crippen molar-refractivity contribution in [3.05, 3.63) is 34.1 Å². The summed E-state index contributed by atoms with van der Waals surface area (Å²) in [5, 5.41) is 0. The Morgan fingerprint density at radius 2 is 1.74 bits per heavy atom. The second-order valence-corrected chi connectivity index (χ2v) is 6.48. The third-order valence-electron chi connectivity index (χ3n) is 2.62. The summed E-state index contributed by atoms with van der Waals surface area (Å²) in [5.74, 6) is 0.428. The summed E-state index contributed by atoms with van der Waals surface area (Å²) in [5.41, 5.74) is 0.523. The molecule has 0 saturated carbocycles. The van der Waals surface area contributed by atoms with E-state index in [1.165, 1.54) is 12.1 Å². The van der Waals surface area contributed by atoms with Gasteiger partial charge in [-0.1, -0.05) is 27.7 Å². The summed E-state index contributed by atoms with van der Waals surface area (Å²) >= 11 is 3.12. The van der Waals surface area contributed by atoms with Gasteiger partial charge in [-0.05, 0) is 46.0 Å². The lowest BCUT2D eigenvalue weighted by molar-refractivity contribution is 0.0715. The van der Waals surface area contributed by atoms with Crippen molar-refractivity contribution in [2.45, 2.75) is 27.7 Å². The Morgan fingerprint density at radius 1 is 1.21 bits per heavy atom. The van der Waals surface area contributed by atoms with E-state index in [0.717, 1.165) is 0 Å². The molecule has 0 radical (unpaired) electrons. The van der Waals surface area contributed by atoms with Crippen LogP contribution in [0.1, 0.15) is 38.1 Å². The highest BCUT2D eigenvalue weighted by molar-refractivity contribution is 9.10. The van der Waals surface area contributed by atoms with Gasteiger partial charge in [0.2, 0.25) is 0 Å². The van der Waals surface area contributed by atoms with E-state index < -0.39 is 0 Å². The molecular weight excluding hydrogens is 309 g/mol. The van der Waals surface area contributed by atoms with Crippen LogP contribution in [0.2, 0.25) is 0 Å². The van der Waals surface area contributed by atoms with Gasteiger partial charge in [-0.2, -0.15) is 0 Å². The highest BCUT2D eigenvalue weighted by Crippen LogP contribution is 2.19. The maximum absolute atomic E-state index is 13.2. The van der Waals surface area contributed by atoms with Gasteiger partial charge in [0.05, 0.1) is 4.47 Å². The summed E-state index contributed by atoms with van der Waals surface area (Å²) in [6, 6.07) is 4.40. The van der Waals surface area contributed by atoms with Crippen LogP contribution in [0.25, 0.3) is 0 Å². The van der Waals surface area contributed by atoms with Crippen LogP contribution in [-0.2, 0) is 0 Å². The van der Waals surface area contributed by atoms with Crippen molar-refractivity contribution >= 4 is 21.8 Å². The maximum atomic E-state index is 13.2. The van der Waals surface area contributed by atoms with E-state index in [1.807, 2.05) is 4.90 Å². The third kappa shape index (κ3) is 4.94. The summed E-state index contributed by atoms with van der Waals surface area (Å²) in [6.07, 6.45) is 0. The lowest BCUT2D eigenvalue weighted by Gasteiger charge is -2.26. The molecule has 0 saturated heterocycles. The molecule has 1 amide bonds. The van der Waals surface area contributed by atoms with Gasteiger partial charge in [0.15, 0.2) is 0 Å². The quantitative estimate of drug-likeness (QED) is 0.786. The molecule has 0 fully saturated rings. The van der Waals surface area contributed by atoms with Gasteiger partial charge in [-0.15, -0.1) is 0 Å². The van der Waals surface area contributed by atoms with E-state index in [9.17, 15) is 9.18 Å². The van der Waals surface area contributed by atoms with Crippen molar-refractivity contribution in [1.82, 2.24) is 4.90 Å². The fourth-order valence-corrected chi connectivity index (χ4v) is 2.31. The number of hydrogen-bond donors (Lipinski definition) is 0. The Hall–Kier alpha value is -0.900. The van der Waals surface area contributed by atoms with Gasteiger partial charge in [0, 0.05) is 18.7 Å². The third-order valence-corrected chi connectivity index (χ3v) is 3.23. The molecule has 1 rings (SSSR count). The monoisotopic (exact) mass is 329 g/mol. The normalized spacial score (nSPS) is 11.2. The van der Waals surface area contributed by atoms with E-state index in [4.69, 9.17) is 0 Å². The lowest BCUT2D eigenvalue weighted by Crippen LogP contribution is -2.37. The minimum Gasteiger partial charge on any atom is -0.338 e. The minimum absolute atomic E-state index is 0.0388. The molecule has 0 aliphatic rings. The van der Waals surface area contributed by atoms with E-state index in [1.54, 1.807) is 6.07 Å². The van der Waals surface area contributed by atoms with Gasteiger partial charge in [0.1, 0.15) is 5.82 Å². The van der Waals surface area contributed by atoms with E-state index >= 15 is 0 Å². The molecule has 106 valence electrons. The largest absolute Gasteiger partial charge is 0.338 e. The molecule has 0 N–H and O–H groups in total. The topological polar surface area (TPSA) is 20.3 Å². The molecule has 0 aliphatic heterocycles. The van der Waals surface area contributed by atoms with Crippen molar-refractivity contribution in [3.63, 3.8) is 0 Å². The second kappa shape index (κ2) is 7.04. The number of nitrogens with zero attached hydrogens (tertiary/aromatic N) is 1. The molecule has 2 nitrogen and oxygen atoms in total. The number of amides is 1. The highest BCUT2D eigenvalue weighted by Gasteiger charge is 2.18. The maximum Gasteiger partial charge on any atom is 0.253 e. The van der Waals surface area contributed by atoms with Crippen LogP contribution in [0.3, 0.4) is 0 Å². The number of hydrogen-bond acceptors (Lipinski definition) is 1. The molecule has 0 aromatic heterocycles. The molecule has 0 heterocycles. The molecular formula is C15H21BrFNO. The first-order chi connectivity index (χ1) is 8.81. The van der Waals surface area contributed by atoms with Crippen LogP contribution in [0.4, 0.5) is 4.39 Å². The predicted molar refractivity (Wildman–Crippen MR) is 79.7 cm³/mol. The zero-order valence-corrected chi connectivity index (χ0v) is 13.5. The summed E-state index contributed by atoms with van der Waals surface area (Å²) in [6.45, 7) is 9.77. The Balaban J connectivity index is 2.94. The molecule has 4 heteroatoms. The number of benzene rings is 1. The van der Waals surface area contributed by atoms with Crippen molar-refractivity contribution < 1.29 is 9.18 Å². The first-order valence-electron chi connectivity index (χ1n) is 6.55. The molecule has 0 aliphatic carbocycles. The minimum atomic E-state index is -0.351. The van der Waals surface area contributed by atoms with E-state index in [-0.39, 0.29) is 11.7 Å². The number of carbonyl (C=O) groups is 1. The number of halogens is 2. The zero-order chi connectivity index (χ0) is 14.6. The fourth-order valence-electron chi connectivity index (χ4n) is 1.93. The summed E-state index contributed by atoms with van der Waals surface area (Å²) < 4.78 is 13.5. The first kappa shape index (κ1) is 16.2. The van der Waals surface area contributed by atoms with Crippen LogP contribution in [-0.4, -0.2) is 23.9 Å². The molecule has 19 heavy (non-hydrogen) atoms. The standard InChI is InChI=1S/C15H21BrFNO/c1-10(2)8-18(9-11(3)4)15(19)12-5-6-14(17)13(16)7-12/h5-7,10-11H,8-9H2,1-4H3. The molecule has 0 bridgehead atoms. The summed E-state index contributed by atoms with van der Waals surface area (Å²) in [7, 11) is 0. The molecule has 0 spiro atoms. The average molecular weight is 330 g/mol. The van der Waals surface area contributed by atoms with E-state index in [0.29, 0.717) is 35.0 Å². The first-order valence-corrected chi connectivity index (χ1v) is 7.35. The van der Waals surface area contributed by atoms with Crippen LogP contribution < -0.4 is 0 Å².